The van der Waals surface area contributed by atoms with Crippen molar-refractivity contribution in [3.8, 4) is 28.7 Å². The fraction of sp³-hybridized carbons (Fsp3) is 0.222. The lowest BCUT2D eigenvalue weighted by Gasteiger charge is -2.17. The van der Waals surface area contributed by atoms with Crippen LogP contribution in [-0.2, 0) is 0 Å². The van der Waals surface area contributed by atoms with Gasteiger partial charge in [0, 0.05) is 5.39 Å². The minimum Gasteiger partial charge on any atom is -0.504 e. The van der Waals surface area contributed by atoms with Gasteiger partial charge >= 0.3 is 11.3 Å². The molecule has 0 aliphatic rings. The van der Waals surface area contributed by atoms with Gasteiger partial charge in [-0.15, -0.1) is 0 Å². The monoisotopic (exact) mass is 374 g/mol. The molecule has 0 fully saturated rings. The second-order valence-electron chi connectivity index (χ2n) is 5.64. The maximum Gasteiger partial charge on any atom is 0.348 e. The summed E-state index contributed by atoms with van der Waals surface area (Å²) >= 11 is 0. The third kappa shape index (κ3) is 1.99. The van der Waals surface area contributed by atoms with Gasteiger partial charge in [-0.2, -0.15) is 0 Å². The van der Waals surface area contributed by atoms with Gasteiger partial charge in [0.1, 0.15) is 5.39 Å². The molecule has 9 heteroatoms. The lowest BCUT2D eigenvalue weighted by atomic mass is 10.0. The van der Waals surface area contributed by atoms with E-state index in [-0.39, 0.29) is 55.7 Å². The fourth-order valence-electron chi connectivity index (χ4n) is 3.34. The molecule has 4 aromatic rings. The highest BCUT2D eigenvalue weighted by Crippen LogP contribution is 2.50. The predicted octanol–water partition coefficient (Wildman–Crippen LogP) is 2.23. The number of aromatic hydroxyl groups is 1. The number of methoxy groups -OCH3 is 4. The summed E-state index contributed by atoms with van der Waals surface area (Å²) < 4.78 is 31.7. The van der Waals surface area contributed by atoms with Crippen molar-refractivity contribution < 1.29 is 32.9 Å². The van der Waals surface area contributed by atoms with Crippen molar-refractivity contribution in [3.05, 3.63) is 26.9 Å². The van der Waals surface area contributed by atoms with Crippen LogP contribution >= 0.6 is 0 Å². The number of hydrogen-bond acceptors (Lipinski definition) is 9. The van der Waals surface area contributed by atoms with Gasteiger partial charge in [-0.05, 0) is 6.07 Å². The van der Waals surface area contributed by atoms with Crippen molar-refractivity contribution in [1.82, 2.24) is 0 Å². The summed E-state index contributed by atoms with van der Waals surface area (Å²) in [4.78, 5) is 25.3. The van der Waals surface area contributed by atoms with Gasteiger partial charge in [0.25, 0.3) is 0 Å². The van der Waals surface area contributed by atoms with E-state index in [0.717, 1.165) is 0 Å². The summed E-state index contributed by atoms with van der Waals surface area (Å²) in [6.07, 6.45) is 0. The quantitative estimate of drug-likeness (QED) is 0.424. The third-order valence-corrected chi connectivity index (χ3v) is 4.44. The molecule has 0 amide bonds. The molecular formula is C18H14O9. The number of ether oxygens (including phenoxy) is 4. The zero-order chi connectivity index (χ0) is 19.5. The van der Waals surface area contributed by atoms with Crippen molar-refractivity contribution in [1.29, 1.82) is 0 Å². The number of phenols is 1. The first-order chi connectivity index (χ1) is 13.0. The molecule has 0 unspecified atom stereocenters. The van der Waals surface area contributed by atoms with Crippen LogP contribution in [0.3, 0.4) is 0 Å². The predicted molar refractivity (Wildman–Crippen MR) is 95.1 cm³/mol. The van der Waals surface area contributed by atoms with E-state index >= 15 is 0 Å². The minimum atomic E-state index is -0.868. The lowest BCUT2D eigenvalue weighted by molar-refractivity contribution is 0.332. The molecular weight excluding hydrogens is 360 g/mol. The van der Waals surface area contributed by atoms with Crippen molar-refractivity contribution in [2.24, 2.45) is 0 Å². The van der Waals surface area contributed by atoms with Crippen LogP contribution < -0.4 is 30.2 Å². The van der Waals surface area contributed by atoms with Gasteiger partial charge in [-0.3, -0.25) is 0 Å². The minimum absolute atomic E-state index is 0.00568. The molecule has 1 N–H and O–H groups in total. The van der Waals surface area contributed by atoms with Crippen LogP contribution in [-0.4, -0.2) is 33.5 Å². The van der Waals surface area contributed by atoms with Crippen LogP contribution in [0, 0.1) is 0 Å². The molecule has 2 heterocycles. The first-order valence-electron chi connectivity index (χ1n) is 7.73. The number of benzene rings is 2. The molecule has 0 saturated carbocycles. The summed E-state index contributed by atoms with van der Waals surface area (Å²) in [5.41, 5.74) is -1.64. The molecule has 27 heavy (non-hydrogen) atoms. The van der Waals surface area contributed by atoms with Crippen molar-refractivity contribution in [3.63, 3.8) is 0 Å². The first kappa shape index (κ1) is 16.8. The van der Waals surface area contributed by atoms with E-state index in [4.69, 9.17) is 27.8 Å². The van der Waals surface area contributed by atoms with E-state index in [1.807, 2.05) is 0 Å². The van der Waals surface area contributed by atoms with Gasteiger partial charge in [0.15, 0.2) is 22.7 Å². The molecule has 9 nitrogen and oxygen atoms in total. The molecule has 0 aliphatic carbocycles. The number of rotatable bonds is 4. The Morgan fingerprint density at radius 1 is 0.741 bits per heavy atom. The van der Waals surface area contributed by atoms with E-state index in [2.05, 4.69) is 0 Å². The highest BCUT2D eigenvalue weighted by molar-refractivity contribution is 6.23. The van der Waals surface area contributed by atoms with Crippen LogP contribution in [0.2, 0.25) is 0 Å². The van der Waals surface area contributed by atoms with Gasteiger partial charge in [0.05, 0.1) is 39.2 Å². The van der Waals surface area contributed by atoms with Crippen LogP contribution in [0.5, 0.6) is 28.7 Å². The Kier molecular flexibility index (Phi) is 3.55. The van der Waals surface area contributed by atoms with E-state index in [1.165, 1.54) is 34.5 Å². The van der Waals surface area contributed by atoms with Crippen molar-refractivity contribution in [2.75, 3.05) is 28.4 Å². The van der Waals surface area contributed by atoms with Gasteiger partial charge in [0.2, 0.25) is 17.2 Å². The van der Waals surface area contributed by atoms with Crippen molar-refractivity contribution in [2.45, 2.75) is 0 Å². The molecule has 0 spiro atoms. The molecule has 140 valence electrons. The Balaban J connectivity index is 2.46. The Hall–Kier alpha value is -3.62. The van der Waals surface area contributed by atoms with Crippen LogP contribution in [0.4, 0.5) is 0 Å². The number of hydrogen-bond donors (Lipinski definition) is 1. The second-order valence-corrected chi connectivity index (χ2v) is 5.64. The van der Waals surface area contributed by atoms with E-state index in [9.17, 15) is 14.7 Å². The van der Waals surface area contributed by atoms with E-state index in [1.54, 1.807) is 0 Å². The van der Waals surface area contributed by atoms with Gasteiger partial charge in [-0.1, -0.05) is 0 Å². The van der Waals surface area contributed by atoms with Crippen LogP contribution in [0.1, 0.15) is 0 Å². The second kappa shape index (κ2) is 5.70. The van der Waals surface area contributed by atoms with Gasteiger partial charge in [-0.25, -0.2) is 9.59 Å². The molecule has 0 radical (unpaired) electrons. The summed E-state index contributed by atoms with van der Waals surface area (Å²) in [5, 5.41) is 10.9. The average molecular weight is 374 g/mol. The summed E-state index contributed by atoms with van der Waals surface area (Å²) in [6.45, 7) is 0. The molecule has 0 saturated heterocycles. The van der Waals surface area contributed by atoms with E-state index < -0.39 is 17.0 Å². The molecule has 0 atom stereocenters. The smallest absolute Gasteiger partial charge is 0.348 e. The lowest BCUT2D eigenvalue weighted by Crippen LogP contribution is -2.09. The third-order valence-electron chi connectivity index (χ3n) is 4.44. The summed E-state index contributed by atoms with van der Waals surface area (Å²) in [5.74, 6) is -0.341. The Morgan fingerprint density at radius 2 is 1.33 bits per heavy atom. The highest BCUT2D eigenvalue weighted by atomic mass is 16.5. The van der Waals surface area contributed by atoms with Crippen LogP contribution in [0.25, 0.3) is 32.7 Å². The zero-order valence-electron chi connectivity index (χ0n) is 14.8. The highest BCUT2D eigenvalue weighted by Gasteiger charge is 2.30. The molecule has 0 aliphatic heterocycles. The maximum absolute atomic E-state index is 12.7. The molecule has 2 aromatic heterocycles. The first-order valence-corrected chi connectivity index (χ1v) is 7.73. The normalized spacial score (nSPS) is 11.4. The van der Waals surface area contributed by atoms with Crippen LogP contribution in [0.15, 0.2) is 24.5 Å². The zero-order valence-corrected chi connectivity index (χ0v) is 14.8. The molecule has 2 aromatic carbocycles. The largest absolute Gasteiger partial charge is 0.504 e. The fourth-order valence-corrected chi connectivity index (χ4v) is 3.34. The SMILES string of the molecule is COc1cc2c(=O)oc3c(OC)c(OC)c(O)c4c(=O)oc(c1OC)c2c34. The topological polar surface area (TPSA) is 118 Å². The standard InChI is InChI=1S/C18H14O9/c1-22-7-5-6-8-9-10(18(21)27-13(8)12(7)23-2)11(19)15(24-3)16(25-4)14(9)26-17(6)20/h5,19H,1-4H3. The summed E-state index contributed by atoms with van der Waals surface area (Å²) in [7, 11) is 5.36. The van der Waals surface area contributed by atoms with E-state index in [0.29, 0.717) is 0 Å². The number of phenolic OH excluding ortho intramolecular Hbond substituents is 1. The molecule has 0 bridgehead atoms. The van der Waals surface area contributed by atoms with Gasteiger partial charge < -0.3 is 32.9 Å². The Labute approximate surface area is 150 Å². The van der Waals surface area contributed by atoms with Crippen molar-refractivity contribution >= 4 is 32.7 Å². The average Bonchev–Trinajstić information content (AvgIpc) is 2.66. The Morgan fingerprint density at radius 3 is 1.93 bits per heavy atom. The summed E-state index contributed by atoms with van der Waals surface area (Å²) in [6, 6.07) is 1.42. The maximum atomic E-state index is 12.7. The molecule has 4 rings (SSSR count). The Bertz CT molecular complexity index is 1310.